The van der Waals surface area contributed by atoms with Crippen LogP contribution in [-0.2, 0) is 4.74 Å². The molecule has 0 aliphatic heterocycles. The van der Waals surface area contributed by atoms with Gasteiger partial charge in [-0.3, -0.25) is 0 Å². The summed E-state index contributed by atoms with van der Waals surface area (Å²) < 4.78 is 5.55. The summed E-state index contributed by atoms with van der Waals surface area (Å²) in [6.07, 6.45) is 6.82. The standard InChI is InChI=1S/C13H28O2/c1-4-7-9-12(8-5-2)10-15-11-13(14)6-3/h12-14H,4-11H2,1-3H3. The molecule has 0 amide bonds. The van der Waals surface area contributed by atoms with Gasteiger partial charge in [0.25, 0.3) is 0 Å². The van der Waals surface area contributed by atoms with Crippen LogP contribution in [0.1, 0.15) is 59.3 Å². The molecule has 0 radical (unpaired) electrons. The molecule has 0 fully saturated rings. The SMILES string of the molecule is CCCCC(CCC)COCC(O)CC. The first kappa shape index (κ1) is 14.9. The van der Waals surface area contributed by atoms with E-state index in [1.165, 1.54) is 32.1 Å². The van der Waals surface area contributed by atoms with Crippen molar-refractivity contribution in [2.75, 3.05) is 13.2 Å². The van der Waals surface area contributed by atoms with Crippen LogP contribution >= 0.6 is 0 Å². The van der Waals surface area contributed by atoms with Gasteiger partial charge in [-0.15, -0.1) is 0 Å². The molecule has 0 spiro atoms. The van der Waals surface area contributed by atoms with Crippen molar-refractivity contribution in [2.24, 2.45) is 5.92 Å². The van der Waals surface area contributed by atoms with E-state index in [0.29, 0.717) is 12.5 Å². The van der Waals surface area contributed by atoms with Gasteiger partial charge in [0.15, 0.2) is 0 Å². The van der Waals surface area contributed by atoms with Crippen molar-refractivity contribution in [1.82, 2.24) is 0 Å². The number of unbranched alkanes of at least 4 members (excludes halogenated alkanes) is 1. The second-order valence-electron chi connectivity index (χ2n) is 4.40. The van der Waals surface area contributed by atoms with Crippen LogP contribution < -0.4 is 0 Å². The van der Waals surface area contributed by atoms with Crippen LogP contribution in [0.2, 0.25) is 0 Å². The van der Waals surface area contributed by atoms with Gasteiger partial charge in [0, 0.05) is 6.61 Å². The summed E-state index contributed by atoms with van der Waals surface area (Å²) >= 11 is 0. The van der Waals surface area contributed by atoms with Gasteiger partial charge in [-0.1, -0.05) is 40.0 Å². The molecule has 0 aromatic heterocycles. The molecule has 1 N–H and O–H groups in total. The number of hydrogen-bond donors (Lipinski definition) is 1. The Bertz CT molecular complexity index is 126. The minimum atomic E-state index is -0.279. The molecule has 0 bridgehead atoms. The zero-order chi connectivity index (χ0) is 11.5. The Morgan fingerprint density at radius 1 is 1.00 bits per heavy atom. The van der Waals surface area contributed by atoms with Crippen LogP contribution in [0.5, 0.6) is 0 Å². The number of hydrogen-bond acceptors (Lipinski definition) is 2. The number of rotatable bonds is 10. The molecule has 0 aromatic rings. The van der Waals surface area contributed by atoms with Crippen LogP contribution in [0.15, 0.2) is 0 Å². The maximum absolute atomic E-state index is 9.35. The summed E-state index contributed by atoms with van der Waals surface area (Å²) in [6.45, 7) is 7.76. The van der Waals surface area contributed by atoms with Crippen molar-refractivity contribution < 1.29 is 9.84 Å². The van der Waals surface area contributed by atoms with Crippen LogP contribution in [0.4, 0.5) is 0 Å². The van der Waals surface area contributed by atoms with Gasteiger partial charge in [-0.05, 0) is 25.2 Å². The lowest BCUT2D eigenvalue weighted by molar-refractivity contribution is 0.0168. The molecule has 92 valence electrons. The fraction of sp³-hybridized carbons (Fsp3) is 1.00. The summed E-state index contributed by atoms with van der Waals surface area (Å²) in [7, 11) is 0. The van der Waals surface area contributed by atoms with Crippen LogP contribution in [0.25, 0.3) is 0 Å². The molecule has 15 heavy (non-hydrogen) atoms. The third-order valence-corrected chi connectivity index (χ3v) is 2.80. The lowest BCUT2D eigenvalue weighted by atomic mass is 9.98. The van der Waals surface area contributed by atoms with E-state index in [0.717, 1.165) is 13.0 Å². The van der Waals surface area contributed by atoms with E-state index in [1.807, 2.05) is 6.92 Å². The van der Waals surface area contributed by atoms with Crippen LogP contribution in [-0.4, -0.2) is 24.4 Å². The van der Waals surface area contributed by atoms with E-state index >= 15 is 0 Å². The lowest BCUT2D eigenvalue weighted by Gasteiger charge is -2.17. The second kappa shape index (κ2) is 10.4. The summed E-state index contributed by atoms with van der Waals surface area (Å²) in [5.41, 5.74) is 0. The summed E-state index contributed by atoms with van der Waals surface area (Å²) in [5, 5.41) is 9.35. The molecule has 2 nitrogen and oxygen atoms in total. The van der Waals surface area contributed by atoms with Gasteiger partial charge in [-0.25, -0.2) is 0 Å². The smallest absolute Gasteiger partial charge is 0.0771 e. The highest BCUT2D eigenvalue weighted by molar-refractivity contribution is 4.59. The highest BCUT2D eigenvalue weighted by atomic mass is 16.5. The second-order valence-corrected chi connectivity index (χ2v) is 4.40. The highest BCUT2D eigenvalue weighted by Gasteiger charge is 2.08. The number of ether oxygens (including phenoxy) is 1. The molecule has 0 rings (SSSR count). The van der Waals surface area contributed by atoms with Gasteiger partial charge < -0.3 is 9.84 Å². The van der Waals surface area contributed by atoms with Gasteiger partial charge in [0.1, 0.15) is 0 Å². The molecule has 0 aliphatic rings. The molecule has 0 aromatic carbocycles. The predicted octanol–water partition coefficient (Wildman–Crippen LogP) is 3.38. The quantitative estimate of drug-likeness (QED) is 0.606. The topological polar surface area (TPSA) is 29.5 Å². The van der Waals surface area contributed by atoms with E-state index in [4.69, 9.17) is 4.74 Å². The van der Waals surface area contributed by atoms with Crippen molar-refractivity contribution in [3.63, 3.8) is 0 Å². The van der Waals surface area contributed by atoms with Crippen molar-refractivity contribution >= 4 is 0 Å². The van der Waals surface area contributed by atoms with E-state index < -0.39 is 0 Å². The molecule has 2 atom stereocenters. The van der Waals surface area contributed by atoms with Crippen molar-refractivity contribution in [1.29, 1.82) is 0 Å². The Balaban J connectivity index is 3.55. The zero-order valence-electron chi connectivity index (χ0n) is 10.7. The Labute approximate surface area is 95.0 Å². The molecule has 0 aliphatic carbocycles. The molecule has 0 saturated heterocycles. The third kappa shape index (κ3) is 8.88. The van der Waals surface area contributed by atoms with Crippen LogP contribution in [0, 0.1) is 5.92 Å². The van der Waals surface area contributed by atoms with E-state index in [2.05, 4.69) is 13.8 Å². The maximum atomic E-state index is 9.35. The first-order valence-electron chi connectivity index (χ1n) is 6.50. The van der Waals surface area contributed by atoms with Gasteiger partial charge >= 0.3 is 0 Å². The summed E-state index contributed by atoms with van der Waals surface area (Å²) in [6, 6.07) is 0. The first-order valence-corrected chi connectivity index (χ1v) is 6.50. The highest BCUT2D eigenvalue weighted by Crippen LogP contribution is 2.15. The van der Waals surface area contributed by atoms with Gasteiger partial charge in [0.2, 0.25) is 0 Å². The van der Waals surface area contributed by atoms with Crippen molar-refractivity contribution in [3.05, 3.63) is 0 Å². The van der Waals surface area contributed by atoms with E-state index in [1.54, 1.807) is 0 Å². The third-order valence-electron chi connectivity index (χ3n) is 2.80. The normalized spacial score (nSPS) is 15.2. The zero-order valence-corrected chi connectivity index (χ0v) is 10.7. The molecular weight excluding hydrogens is 188 g/mol. The first-order chi connectivity index (χ1) is 7.24. The fourth-order valence-electron chi connectivity index (χ4n) is 1.70. The van der Waals surface area contributed by atoms with Gasteiger partial charge in [-0.2, -0.15) is 0 Å². The number of aliphatic hydroxyl groups excluding tert-OH is 1. The molecule has 0 heterocycles. The van der Waals surface area contributed by atoms with Crippen molar-refractivity contribution in [2.45, 2.75) is 65.4 Å². The van der Waals surface area contributed by atoms with E-state index in [-0.39, 0.29) is 6.10 Å². The summed E-state index contributed by atoms with van der Waals surface area (Å²) in [5.74, 6) is 0.694. The summed E-state index contributed by atoms with van der Waals surface area (Å²) in [4.78, 5) is 0. The van der Waals surface area contributed by atoms with Crippen molar-refractivity contribution in [3.8, 4) is 0 Å². The molecule has 2 unspecified atom stereocenters. The minimum absolute atomic E-state index is 0.279. The Hall–Kier alpha value is -0.0800. The Morgan fingerprint density at radius 2 is 1.73 bits per heavy atom. The largest absolute Gasteiger partial charge is 0.391 e. The average Bonchev–Trinajstić information content (AvgIpc) is 2.25. The number of aliphatic hydroxyl groups is 1. The van der Waals surface area contributed by atoms with Crippen LogP contribution in [0.3, 0.4) is 0 Å². The molecule has 0 saturated carbocycles. The maximum Gasteiger partial charge on any atom is 0.0771 e. The fourth-order valence-corrected chi connectivity index (χ4v) is 1.70. The van der Waals surface area contributed by atoms with Gasteiger partial charge in [0.05, 0.1) is 12.7 Å². The molecule has 2 heteroatoms. The lowest BCUT2D eigenvalue weighted by Crippen LogP contribution is -2.18. The Kier molecular flexibility index (Phi) is 10.4. The predicted molar refractivity (Wildman–Crippen MR) is 65.0 cm³/mol. The molecular formula is C13H28O2. The Morgan fingerprint density at radius 3 is 2.27 bits per heavy atom. The average molecular weight is 216 g/mol. The monoisotopic (exact) mass is 216 g/mol. The minimum Gasteiger partial charge on any atom is -0.391 e. The van der Waals surface area contributed by atoms with E-state index in [9.17, 15) is 5.11 Å².